The van der Waals surface area contributed by atoms with Gasteiger partial charge < -0.3 is 10.1 Å². The van der Waals surface area contributed by atoms with E-state index in [0.29, 0.717) is 12.6 Å². The van der Waals surface area contributed by atoms with Crippen LogP contribution in [0.25, 0.3) is 0 Å². The van der Waals surface area contributed by atoms with Crippen LogP contribution < -0.4 is 10.1 Å². The normalized spacial score (nSPS) is 30.5. The van der Waals surface area contributed by atoms with Crippen molar-refractivity contribution in [3.05, 3.63) is 24.0 Å². The highest BCUT2D eigenvalue weighted by atomic mass is 16.5. The summed E-state index contributed by atoms with van der Waals surface area (Å²) in [7, 11) is 2.07. The van der Waals surface area contributed by atoms with Gasteiger partial charge in [-0.2, -0.15) is 0 Å². The number of hydrogen-bond donors (Lipinski definition) is 1. The number of nitrogens with zero attached hydrogens (tertiary/aromatic N) is 1. The first kappa shape index (κ1) is 12.9. The predicted octanol–water partition coefficient (Wildman–Crippen LogP) is 3.18. The van der Waals surface area contributed by atoms with Crippen molar-refractivity contribution in [2.45, 2.75) is 38.6 Å². The van der Waals surface area contributed by atoms with E-state index in [1.807, 2.05) is 13.1 Å². The molecule has 0 aliphatic heterocycles. The number of ether oxygens (including phenoxy) is 1. The molecule has 19 heavy (non-hydrogen) atoms. The maximum absolute atomic E-state index is 5.58. The molecule has 2 saturated carbocycles. The zero-order chi connectivity index (χ0) is 13.2. The highest BCUT2D eigenvalue weighted by Crippen LogP contribution is 2.52. The molecule has 1 heterocycles. The SMILES string of the molecule is CCOc1cncc(C(NC)C2CC3CCC2C3)c1. The van der Waals surface area contributed by atoms with Crippen LogP contribution in [0.1, 0.15) is 44.2 Å². The number of pyridine rings is 1. The third-order valence-corrected chi connectivity index (χ3v) is 4.94. The van der Waals surface area contributed by atoms with Crippen molar-refractivity contribution < 1.29 is 4.74 Å². The molecular formula is C16H24N2O. The number of hydrogen-bond acceptors (Lipinski definition) is 3. The molecule has 2 bridgehead atoms. The molecule has 0 spiro atoms. The van der Waals surface area contributed by atoms with Gasteiger partial charge in [-0.05, 0) is 62.6 Å². The minimum Gasteiger partial charge on any atom is -0.492 e. The molecule has 104 valence electrons. The topological polar surface area (TPSA) is 34.1 Å². The fourth-order valence-corrected chi connectivity index (χ4v) is 4.18. The lowest BCUT2D eigenvalue weighted by atomic mass is 9.81. The summed E-state index contributed by atoms with van der Waals surface area (Å²) in [4.78, 5) is 4.34. The van der Waals surface area contributed by atoms with Gasteiger partial charge in [0.1, 0.15) is 5.75 Å². The zero-order valence-electron chi connectivity index (χ0n) is 11.9. The second-order valence-corrected chi connectivity index (χ2v) is 5.99. The monoisotopic (exact) mass is 260 g/mol. The van der Waals surface area contributed by atoms with E-state index in [0.717, 1.165) is 23.5 Å². The van der Waals surface area contributed by atoms with Crippen molar-refractivity contribution in [1.29, 1.82) is 0 Å². The van der Waals surface area contributed by atoms with Gasteiger partial charge in [0.05, 0.1) is 12.8 Å². The van der Waals surface area contributed by atoms with Crippen LogP contribution in [-0.4, -0.2) is 18.6 Å². The van der Waals surface area contributed by atoms with Crippen LogP contribution in [0.4, 0.5) is 0 Å². The Kier molecular flexibility index (Phi) is 3.74. The van der Waals surface area contributed by atoms with E-state index in [4.69, 9.17) is 4.74 Å². The fraction of sp³-hybridized carbons (Fsp3) is 0.688. The molecule has 3 heteroatoms. The van der Waals surface area contributed by atoms with Crippen molar-refractivity contribution in [2.75, 3.05) is 13.7 Å². The van der Waals surface area contributed by atoms with Crippen LogP contribution >= 0.6 is 0 Å². The maximum atomic E-state index is 5.58. The van der Waals surface area contributed by atoms with Gasteiger partial charge in [-0.3, -0.25) is 4.98 Å². The summed E-state index contributed by atoms with van der Waals surface area (Å²) in [5.74, 6) is 3.57. The van der Waals surface area contributed by atoms with Crippen LogP contribution in [0.5, 0.6) is 5.75 Å². The second kappa shape index (κ2) is 5.49. The Morgan fingerprint density at radius 1 is 1.37 bits per heavy atom. The fourth-order valence-electron chi connectivity index (χ4n) is 4.18. The molecule has 2 aliphatic carbocycles. The van der Waals surface area contributed by atoms with Crippen molar-refractivity contribution in [2.24, 2.45) is 17.8 Å². The number of rotatable bonds is 5. The Morgan fingerprint density at radius 3 is 2.89 bits per heavy atom. The van der Waals surface area contributed by atoms with Crippen molar-refractivity contribution in [1.82, 2.24) is 10.3 Å². The molecule has 0 amide bonds. The average molecular weight is 260 g/mol. The summed E-state index contributed by atoms with van der Waals surface area (Å²) in [5.41, 5.74) is 1.28. The van der Waals surface area contributed by atoms with Crippen molar-refractivity contribution in [3.8, 4) is 5.75 Å². The Balaban J connectivity index is 1.80. The van der Waals surface area contributed by atoms with Crippen LogP contribution in [0.3, 0.4) is 0 Å². The summed E-state index contributed by atoms with van der Waals surface area (Å²) in [6.07, 6.45) is 9.51. The molecule has 0 radical (unpaired) electrons. The Morgan fingerprint density at radius 2 is 2.26 bits per heavy atom. The van der Waals surface area contributed by atoms with Crippen molar-refractivity contribution in [3.63, 3.8) is 0 Å². The molecule has 4 atom stereocenters. The summed E-state index contributed by atoms with van der Waals surface area (Å²) >= 11 is 0. The summed E-state index contributed by atoms with van der Waals surface area (Å²) in [6, 6.07) is 2.59. The third-order valence-electron chi connectivity index (χ3n) is 4.94. The molecule has 4 unspecified atom stereocenters. The van der Waals surface area contributed by atoms with E-state index in [-0.39, 0.29) is 0 Å². The lowest BCUT2D eigenvalue weighted by Crippen LogP contribution is -2.29. The number of nitrogens with one attached hydrogen (secondary N) is 1. The van der Waals surface area contributed by atoms with Gasteiger partial charge in [0.2, 0.25) is 0 Å². The van der Waals surface area contributed by atoms with E-state index in [1.54, 1.807) is 6.20 Å². The molecule has 3 nitrogen and oxygen atoms in total. The van der Waals surface area contributed by atoms with Gasteiger partial charge in [-0.1, -0.05) is 6.42 Å². The first-order chi connectivity index (χ1) is 9.31. The highest BCUT2D eigenvalue weighted by Gasteiger charge is 2.43. The Labute approximate surface area is 115 Å². The minimum absolute atomic E-state index is 0.434. The van der Waals surface area contributed by atoms with E-state index < -0.39 is 0 Å². The third kappa shape index (κ3) is 2.48. The predicted molar refractivity (Wildman–Crippen MR) is 76.1 cm³/mol. The van der Waals surface area contributed by atoms with Gasteiger partial charge in [0.25, 0.3) is 0 Å². The first-order valence-electron chi connectivity index (χ1n) is 7.56. The molecule has 3 rings (SSSR count). The number of fused-ring (bicyclic) bond motifs is 2. The smallest absolute Gasteiger partial charge is 0.137 e. The van der Waals surface area contributed by atoms with Gasteiger partial charge in [-0.15, -0.1) is 0 Å². The largest absolute Gasteiger partial charge is 0.492 e. The summed E-state index contributed by atoms with van der Waals surface area (Å²) < 4.78 is 5.58. The first-order valence-corrected chi connectivity index (χ1v) is 7.56. The quantitative estimate of drug-likeness (QED) is 0.883. The van der Waals surface area contributed by atoms with Crippen LogP contribution in [-0.2, 0) is 0 Å². The molecule has 0 aromatic carbocycles. The van der Waals surface area contributed by atoms with Gasteiger partial charge in [0.15, 0.2) is 0 Å². The van der Waals surface area contributed by atoms with E-state index in [9.17, 15) is 0 Å². The Bertz CT molecular complexity index is 435. The highest BCUT2D eigenvalue weighted by molar-refractivity contribution is 5.27. The van der Waals surface area contributed by atoms with Crippen molar-refractivity contribution >= 4 is 0 Å². The second-order valence-electron chi connectivity index (χ2n) is 5.99. The maximum Gasteiger partial charge on any atom is 0.137 e. The van der Waals surface area contributed by atoms with E-state index in [1.165, 1.54) is 31.2 Å². The minimum atomic E-state index is 0.434. The van der Waals surface area contributed by atoms with Gasteiger partial charge in [0, 0.05) is 12.2 Å². The average Bonchev–Trinajstić information content (AvgIpc) is 3.03. The molecule has 2 aliphatic rings. The van der Waals surface area contributed by atoms with Gasteiger partial charge >= 0.3 is 0 Å². The molecular weight excluding hydrogens is 236 g/mol. The van der Waals surface area contributed by atoms with Crippen LogP contribution in [0.15, 0.2) is 18.5 Å². The van der Waals surface area contributed by atoms with Gasteiger partial charge in [-0.25, -0.2) is 0 Å². The standard InChI is InChI=1S/C16H24N2O/c1-3-19-14-8-13(9-18-10-14)16(17-2)15-7-11-4-5-12(15)6-11/h8-12,15-17H,3-7H2,1-2H3. The van der Waals surface area contributed by atoms with Crippen LogP contribution in [0, 0.1) is 17.8 Å². The molecule has 0 saturated heterocycles. The lowest BCUT2D eigenvalue weighted by molar-refractivity contribution is 0.258. The zero-order valence-corrected chi connectivity index (χ0v) is 11.9. The molecule has 1 aromatic heterocycles. The Hall–Kier alpha value is -1.09. The van der Waals surface area contributed by atoms with E-state index >= 15 is 0 Å². The lowest BCUT2D eigenvalue weighted by Gasteiger charge is -2.30. The number of aromatic nitrogens is 1. The van der Waals surface area contributed by atoms with E-state index in [2.05, 4.69) is 23.4 Å². The summed E-state index contributed by atoms with van der Waals surface area (Å²) in [5, 5.41) is 3.52. The molecule has 2 fully saturated rings. The molecule has 1 N–H and O–H groups in total. The summed E-state index contributed by atoms with van der Waals surface area (Å²) in [6.45, 7) is 2.71. The van der Waals surface area contributed by atoms with Crippen LogP contribution in [0.2, 0.25) is 0 Å². The molecule has 1 aromatic rings.